The quantitative estimate of drug-likeness (QED) is 0.663. The van der Waals surface area contributed by atoms with Crippen LogP contribution in [0.5, 0.6) is 0 Å². The number of nitrogens with one attached hydrogen (secondary N) is 1. The number of hydrogen-bond donors (Lipinski definition) is 1. The topological polar surface area (TPSA) is 41.6 Å². The van der Waals surface area contributed by atoms with E-state index >= 15 is 0 Å². The van der Waals surface area contributed by atoms with Crippen LogP contribution in [0, 0.1) is 0 Å². The molecule has 2 aromatic rings. The van der Waals surface area contributed by atoms with E-state index in [2.05, 4.69) is 15.2 Å². The minimum Gasteiger partial charge on any atom is -0.254 e. The van der Waals surface area contributed by atoms with E-state index in [1.54, 1.807) is 6.26 Å². The molecule has 1 aromatic heterocycles. The lowest BCUT2D eigenvalue weighted by Crippen LogP contribution is -2.11. The van der Waals surface area contributed by atoms with E-state index in [1.807, 2.05) is 0 Å². The average molecular weight is 327 g/mol. The maximum atomic E-state index is 12.7. The summed E-state index contributed by atoms with van der Waals surface area (Å²) < 4.78 is 76.2. The fourth-order valence-corrected chi connectivity index (χ4v) is 1.87. The van der Waals surface area contributed by atoms with Crippen LogP contribution in [0.4, 0.5) is 26.3 Å². The van der Waals surface area contributed by atoms with E-state index in [0.29, 0.717) is 12.1 Å². The highest BCUT2D eigenvalue weighted by molar-refractivity contribution is 7.98. The first kappa shape index (κ1) is 15.7. The van der Waals surface area contributed by atoms with Gasteiger partial charge < -0.3 is 0 Å². The van der Waals surface area contributed by atoms with Gasteiger partial charge in [0.25, 0.3) is 0 Å². The van der Waals surface area contributed by atoms with Crippen LogP contribution in [0.15, 0.2) is 23.4 Å². The molecule has 0 bridgehead atoms. The zero-order chi connectivity index (χ0) is 15.8. The number of aromatic nitrogens is 3. The average Bonchev–Trinajstić information content (AvgIpc) is 2.85. The van der Waals surface area contributed by atoms with Gasteiger partial charge in [-0.05, 0) is 24.5 Å². The molecular weight excluding hydrogens is 320 g/mol. The summed E-state index contributed by atoms with van der Waals surface area (Å²) in [6.45, 7) is 0. The van der Waals surface area contributed by atoms with Gasteiger partial charge in [0.1, 0.15) is 0 Å². The van der Waals surface area contributed by atoms with Crippen LogP contribution in [0.3, 0.4) is 0 Å². The molecule has 1 N–H and O–H groups in total. The van der Waals surface area contributed by atoms with Gasteiger partial charge in [-0.15, -0.1) is 0 Å². The largest absolute Gasteiger partial charge is 0.416 e. The molecule has 0 fully saturated rings. The molecule has 10 heteroatoms. The number of thioether (sulfide) groups is 1. The molecule has 0 amide bonds. The Balaban J connectivity index is 2.60. The SMILES string of the molecule is CSc1nc(-c2cc(C(F)(F)F)cc(C(F)(F)F)c2)n[nH]1. The molecule has 0 radical (unpaired) electrons. The predicted molar refractivity (Wildman–Crippen MR) is 63.6 cm³/mol. The van der Waals surface area contributed by atoms with E-state index in [-0.39, 0.29) is 22.6 Å². The van der Waals surface area contributed by atoms with Gasteiger partial charge in [0.2, 0.25) is 0 Å². The third kappa shape index (κ3) is 3.49. The van der Waals surface area contributed by atoms with Crippen molar-refractivity contribution in [3.05, 3.63) is 29.3 Å². The summed E-state index contributed by atoms with van der Waals surface area (Å²) >= 11 is 1.13. The molecule has 0 unspecified atom stereocenters. The van der Waals surface area contributed by atoms with Crippen molar-refractivity contribution in [1.29, 1.82) is 0 Å². The highest BCUT2D eigenvalue weighted by Gasteiger charge is 2.37. The summed E-state index contributed by atoms with van der Waals surface area (Å²) in [5.41, 5.74) is -3.15. The predicted octanol–water partition coefficient (Wildman–Crippen LogP) is 4.23. The molecule has 0 spiro atoms. The van der Waals surface area contributed by atoms with Crippen LogP contribution in [-0.2, 0) is 12.4 Å². The van der Waals surface area contributed by atoms with Crippen molar-refractivity contribution >= 4 is 11.8 Å². The van der Waals surface area contributed by atoms with Crippen molar-refractivity contribution in [1.82, 2.24) is 15.2 Å². The Morgan fingerprint density at radius 2 is 1.48 bits per heavy atom. The van der Waals surface area contributed by atoms with Gasteiger partial charge in [-0.25, -0.2) is 4.98 Å². The van der Waals surface area contributed by atoms with Crippen molar-refractivity contribution in [2.24, 2.45) is 0 Å². The van der Waals surface area contributed by atoms with Crippen LogP contribution in [0.25, 0.3) is 11.4 Å². The first-order valence-corrected chi connectivity index (χ1v) is 6.60. The standard InChI is InChI=1S/C11H7F6N3S/c1-21-9-18-8(19-20-9)5-2-6(10(12,13)14)4-7(3-5)11(15,16)17/h2-4H,1H3,(H,18,19,20). The zero-order valence-electron chi connectivity index (χ0n) is 10.3. The van der Waals surface area contributed by atoms with Crippen LogP contribution >= 0.6 is 11.8 Å². The third-order valence-corrected chi connectivity index (χ3v) is 3.07. The number of benzene rings is 1. The second-order valence-electron chi connectivity index (χ2n) is 3.96. The molecule has 114 valence electrons. The summed E-state index contributed by atoms with van der Waals surface area (Å²) in [4.78, 5) is 3.81. The maximum Gasteiger partial charge on any atom is 0.416 e. The van der Waals surface area contributed by atoms with Gasteiger partial charge in [0, 0.05) is 5.56 Å². The molecule has 0 aliphatic rings. The summed E-state index contributed by atoms with van der Waals surface area (Å²) in [5, 5.41) is 6.31. The molecule has 2 rings (SSSR count). The van der Waals surface area contributed by atoms with Crippen LogP contribution in [0.1, 0.15) is 11.1 Å². The number of alkyl halides is 6. The van der Waals surface area contributed by atoms with E-state index in [0.717, 1.165) is 11.8 Å². The zero-order valence-corrected chi connectivity index (χ0v) is 11.1. The molecular formula is C11H7F6N3S. The Labute approximate surface area is 118 Å². The molecule has 0 saturated carbocycles. The summed E-state index contributed by atoms with van der Waals surface area (Å²) in [6.07, 6.45) is -8.15. The van der Waals surface area contributed by atoms with E-state index in [4.69, 9.17) is 0 Å². The first-order valence-electron chi connectivity index (χ1n) is 5.37. The molecule has 0 aliphatic carbocycles. The Kier molecular flexibility index (Phi) is 3.91. The number of nitrogens with zero attached hydrogens (tertiary/aromatic N) is 2. The lowest BCUT2D eigenvalue weighted by molar-refractivity contribution is -0.143. The van der Waals surface area contributed by atoms with Gasteiger partial charge in [0.05, 0.1) is 11.1 Å². The number of rotatable bonds is 2. The van der Waals surface area contributed by atoms with Crippen LogP contribution in [-0.4, -0.2) is 21.4 Å². The lowest BCUT2D eigenvalue weighted by atomic mass is 10.0. The van der Waals surface area contributed by atoms with E-state index in [1.165, 1.54) is 0 Å². The Morgan fingerprint density at radius 3 is 1.86 bits per heavy atom. The van der Waals surface area contributed by atoms with Gasteiger partial charge in [-0.2, -0.15) is 31.4 Å². The second kappa shape index (κ2) is 5.24. The minimum atomic E-state index is -4.89. The Bertz CT molecular complexity index is 614. The van der Waals surface area contributed by atoms with E-state index < -0.39 is 23.5 Å². The molecule has 0 saturated heterocycles. The Hall–Kier alpha value is -1.71. The smallest absolute Gasteiger partial charge is 0.254 e. The normalized spacial score (nSPS) is 12.7. The van der Waals surface area contributed by atoms with Gasteiger partial charge in [-0.3, -0.25) is 5.10 Å². The summed E-state index contributed by atoms with van der Waals surface area (Å²) in [6, 6.07) is 1.23. The number of halogens is 6. The molecule has 3 nitrogen and oxygen atoms in total. The molecule has 21 heavy (non-hydrogen) atoms. The molecule has 1 aromatic carbocycles. The Morgan fingerprint density at radius 1 is 0.952 bits per heavy atom. The van der Waals surface area contributed by atoms with Crippen molar-refractivity contribution < 1.29 is 26.3 Å². The molecule has 0 aliphatic heterocycles. The van der Waals surface area contributed by atoms with Crippen molar-refractivity contribution in [3.63, 3.8) is 0 Å². The van der Waals surface area contributed by atoms with Crippen LogP contribution in [0.2, 0.25) is 0 Å². The van der Waals surface area contributed by atoms with Gasteiger partial charge >= 0.3 is 12.4 Å². The fraction of sp³-hybridized carbons (Fsp3) is 0.273. The highest BCUT2D eigenvalue weighted by atomic mass is 32.2. The summed E-state index contributed by atoms with van der Waals surface area (Å²) in [7, 11) is 0. The summed E-state index contributed by atoms with van der Waals surface area (Å²) in [5.74, 6) is -0.226. The monoisotopic (exact) mass is 327 g/mol. The highest BCUT2D eigenvalue weighted by Crippen LogP contribution is 2.38. The van der Waals surface area contributed by atoms with Crippen molar-refractivity contribution in [2.45, 2.75) is 17.5 Å². The van der Waals surface area contributed by atoms with Crippen molar-refractivity contribution in [2.75, 3.05) is 6.26 Å². The number of H-pyrrole nitrogens is 1. The van der Waals surface area contributed by atoms with Crippen molar-refractivity contribution in [3.8, 4) is 11.4 Å². The minimum absolute atomic E-state index is 0.0611. The second-order valence-corrected chi connectivity index (χ2v) is 4.76. The maximum absolute atomic E-state index is 12.7. The fourth-order valence-electron chi connectivity index (χ4n) is 1.55. The van der Waals surface area contributed by atoms with E-state index in [9.17, 15) is 26.3 Å². The van der Waals surface area contributed by atoms with Crippen LogP contribution < -0.4 is 0 Å². The molecule has 1 heterocycles. The third-order valence-electron chi connectivity index (χ3n) is 2.50. The van der Waals surface area contributed by atoms with Gasteiger partial charge in [0.15, 0.2) is 11.0 Å². The molecule has 0 atom stereocenters. The lowest BCUT2D eigenvalue weighted by Gasteiger charge is -2.13. The van der Waals surface area contributed by atoms with Gasteiger partial charge in [-0.1, -0.05) is 11.8 Å². The first-order chi connectivity index (χ1) is 9.61. The number of aromatic amines is 1. The number of hydrogen-bond acceptors (Lipinski definition) is 3.